The van der Waals surface area contributed by atoms with Crippen molar-refractivity contribution in [1.82, 2.24) is 15.5 Å². The number of aromatic hydroxyl groups is 1. The van der Waals surface area contributed by atoms with Gasteiger partial charge in [-0.05, 0) is 81.0 Å². The number of aryl methyl sites for hydroxylation is 2. The Morgan fingerprint density at radius 3 is 2.17 bits per heavy atom. The number of nitrogens with one attached hydrogen (secondary N) is 2. The van der Waals surface area contributed by atoms with Gasteiger partial charge in [-0.25, -0.2) is 4.79 Å². The molecule has 0 aliphatic heterocycles. The third-order valence-corrected chi connectivity index (χ3v) is 6.83. The number of hydrogen-bond donors (Lipinski definition) is 3. The fourth-order valence-corrected chi connectivity index (χ4v) is 4.61. The monoisotopic (exact) mass is 573 g/mol. The molecule has 3 aromatic rings. The van der Waals surface area contributed by atoms with Crippen molar-refractivity contribution >= 4 is 17.9 Å². The van der Waals surface area contributed by atoms with Crippen molar-refractivity contribution in [3.8, 4) is 5.75 Å². The number of amides is 3. The molecule has 0 heterocycles. The smallest absolute Gasteiger partial charge is 0.408 e. The summed E-state index contributed by atoms with van der Waals surface area (Å²) in [6.07, 6.45) is 0.00805. The number of carbonyl (C=O) groups is 3. The van der Waals surface area contributed by atoms with Crippen molar-refractivity contribution in [2.24, 2.45) is 0 Å². The predicted octanol–water partition coefficient (Wildman–Crippen LogP) is 5.74. The Kier molecular flexibility index (Phi) is 11.1. The standard InChI is InChI=1S/C34H43N3O5/c1-7-19-37(32(40)29(36-33(41)42-34(4,5)6)21-25-14-17-28(38)18-15-25)30(27-16-13-23(2)24(3)20-27)31(39)35-22-26-11-9-8-10-12-26/h8-18,20,29-30,38H,7,19,21-22H2,1-6H3,(H,35,39)(H,36,41). The Bertz CT molecular complexity index is 1350. The highest BCUT2D eigenvalue weighted by Crippen LogP contribution is 2.26. The maximum Gasteiger partial charge on any atom is 0.408 e. The van der Waals surface area contributed by atoms with Crippen LogP contribution in [0.3, 0.4) is 0 Å². The second-order valence-corrected chi connectivity index (χ2v) is 11.6. The van der Waals surface area contributed by atoms with Gasteiger partial charge in [-0.3, -0.25) is 9.59 Å². The summed E-state index contributed by atoms with van der Waals surface area (Å²) in [7, 11) is 0. The lowest BCUT2D eigenvalue weighted by Gasteiger charge is -2.34. The summed E-state index contributed by atoms with van der Waals surface area (Å²) >= 11 is 0. The molecule has 8 heteroatoms. The Morgan fingerprint density at radius 1 is 0.905 bits per heavy atom. The number of hydrogen-bond acceptors (Lipinski definition) is 5. The highest BCUT2D eigenvalue weighted by Gasteiger charge is 2.36. The van der Waals surface area contributed by atoms with Crippen LogP contribution in [0.15, 0.2) is 72.8 Å². The zero-order valence-electron chi connectivity index (χ0n) is 25.4. The van der Waals surface area contributed by atoms with Gasteiger partial charge in [0.1, 0.15) is 23.4 Å². The van der Waals surface area contributed by atoms with Crippen LogP contribution in [0.4, 0.5) is 4.79 Å². The van der Waals surface area contributed by atoms with Crippen LogP contribution in [0.2, 0.25) is 0 Å². The van der Waals surface area contributed by atoms with E-state index in [1.165, 1.54) is 12.1 Å². The van der Waals surface area contributed by atoms with Crippen molar-refractivity contribution in [2.45, 2.75) is 78.6 Å². The van der Waals surface area contributed by atoms with Gasteiger partial charge in [0.25, 0.3) is 0 Å². The lowest BCUT2D eigenvalue weighted by atomic mass is 9.97. The van der Waals surface area contributed by atoms with Crippen LogP contribution in [-0.4, -0.2) is 46.1 Å². The summed E-state index contributed by atoms with van der Waals surface area (Å²) in [4.78, 5) is 42.7. The number of phenols is 1. The van der Waals surface area contributed by atoms with Gasteiger partial charge in [0, 0.05) is 19.5 Å². The number of alkyl carbamates (subject to hydrolysis) is 1. The molecule has 0 bridgehead atoms. The predicted molar refractivity (Wildman–Crippen MR) is 164 cm³/mol. The van der Waals surface area contributed by atoms with Gasteiger partial charge < -0.3 is 25.4 Å². The number of rotatable bonds is 11. The fourth-order valence-electron chi connectivity index (χ4n) is 4.61. The van der Waals surface area contributed by atoms with Crippen molar-refractivity contribution < 1.29 is 24.2 Å². The molecular weight excluding hydrogens is 530 g/mol. The quantitative estimate of drug-likeness (QED) is 0.271. The molecule has 0 aliphatic rings. The minimum Gasteiger partial charge on any atom is -0.508 e. The lowest BCUT2D eigenvalue weighted by Crippen LogP contribution is -2.54. The number of phenolic OH excluding ortho intramolecular Hbond substituents is 1. The average Bonchev–Trinajstić information content (AvgIpc) is 2.93. The van der Waals surface area contributed by atoms with E-state index >= 15 is 0 Å². The van der Waals surface area contributed by atoms with Crippen LogP contribution in [0.25, 0.3) is 0 Å². The normalized spacial score (nSPS) is 12.6. The number of nitrogens with zero attached hydrogens (tertiary/aromatic N) is 1. The summed E-state index contributed by atoms with van der Waals surface area (Å²) < 4.78 is 5.48. The summed E-state index contributed by atoms with van der Waals surface area (Å²) in [6, 6.07) is 19.9. The number of ether oxygens (including phenoxy) is 1. The van der Waals surface area contributed by atoms with Crippen molar-refractivity contribution in [3.63, 3.8) is 0 Å². The Labute approximate surface area is 249 Å². The lowest BCUT2D eigenvalue weighted by molar-refractivity contribution is -0.142. The topological polar surface area (TPSA) is 108 Å². The third-order valence-electron chi connectivity index (χ3n) is 6.83. The molecule has 3 aromatic carbocycles. The first-order valence-corrected chi connectivity index (χ1v) is 14.3. The first-order valence-electron chi connectivity index (χ1n) is 14.3. The average molecular weight is 574 g/mol. The van der Waals surface area contributed by atoms with Gasteiger partial charge in [0.05, 0.1) is 0 Å². The molecule has 2 atom stereocenters. The largest absolute Gasteiger partial charge is 0.508 e. The molecule has 0 saturated heterocycles. The zero-order chi connectivity index (χ0) is 30.9. The molecule has 0 spiro atoms. The first-order chi connectivity index (χ1) is 19.9. The van der Waals surface area contributed by atoms with E-state index in [4.69, 9.17) is 4.74 Å². The van der Waals surface area contributed by atoms with E-state index in [0.717, 1.165) is 22.3 Å². The highest BCUT2D eigenvalue weighted by atomic mass is 16.6. The minimum atomic E-state index is -1.02. The highest BCUT2D eigenvalue weighted by molar-refractivity contribution is 5.92. The Morgan fingerprint density at radius 2 is 1.57 bits per heavy atom. The van der Waals surface area contributed by atoms with Gasteiger partial charge >= 0.3 is 6.09 Å². The molecule has 3 N–H and O–H groups in total. The maximum atomic E-state index is 14.4. The van der Waals surface area contributed by atoms with Gasteiger partial charge in [-0.1, -0.05) is 67.6 Å². The molecule has 2 unspecified atom stereocenters. The molecule has 0 saturated carbocycles. The van der Waals surface area contributed by atoms with E-state index in [1.807, 2.05) is 69.3 Å². The van der Waals surface area contributed by atoms with Crippen LogP contribution >= 0.6 is 0 Å². The molecule has 0 fully saturated rings. The molecule has 8 nitrogen and oxygen atoms in total. The Balaban J connectivity index is 2.01. The van der Waals surface area contributed by atoms with E-state index in [0.29, 0.717) is 18.5 Å². The molecule has 42 heavy (non-hydrogen) atoms. The second-order valence-electron chi connectivity index (χ2n) is 11.6. The van der Waals surface area contributed by atoms with E-state index in [1.54, 1.807) is 37.8 Å². The van der Waals surface area contributed by atoms with Gasteiger partial charge in [0.15, 0.2) is 0 Å². The minimum absolute atomic E-state index is 0.0965. The van der Waals surface area contributed by atoms with E-state index in [2.05, 4.69) is 10.6 Å². The van der Waals surface area contributed by atoms with Crippen molar-refractivity contribution in [2.75, 3.05) is 6.54 Å². The second kappa shape index (κ2) is 14.5. The first kappa shape index (κ1) is 32.2. The zero-order valence-corrected chi connectivity index (χ0v) is 25.4. The number of benzene rings is 3. The van der Waals surface area contributed by atoms with Crippen LogP contribution in [0.5, 0.6) is 5.75 Å². The third kappa shape index (κ3) is 9.36. The van der Waals surface area contributed by atoms with Crippen molar-refractivity contribution in [1.29, 1.82) is 0 Å². The van der Waals surface area contributed by atoms with Crippen LogP contribution in [0, 0.1) is 13.8 Å². The maximum absolute atomic E-state index is 14.4. The molecule has 3 rings (SSSR count). The molecule has 0 radical (unpaired) electrons. The van der Waals surface area contributed by atoms with E-state index in [-0.39, 0.29) is 24.6 Å². The van der Waals surface area contributed by atoms with Gasteiger partial charge in [0.2, 0.25) is 11.8 Å². The summed E-state index contributed by atoms with van der Waals surface area (Å²) in [6.45, 7) is 11.8. The number of carbonyl (C=O) groups excluding carboxylic acids is 3. The summed E-state index contributed by atoms with van der Waals surface area (Å²) in [5.74, 6) is -0.627. The van der Waals surface area contributed by atoms with Crippen molar-refractivity contribution in [3.05, 3.63) is 101 Å². The van der Waals surface area contributed by atoms with E-state index < -0.39 is 29.7 Å². The van der Waals surface area contributed by atoms with Gasteiger partial charge in [-0.2, -0.15) is 0 Å². The molecule has 0 aromatic heterocycles. The fraction of sp³-hybridized carbons (Fsp3) is 0.382. The molecule has 0 aliphatic carbocycles. The Hall–Kier alpha value is -4.33. The molecular formula is C34H43N3O5. The van der Waals surface area contributed by atoms with Crippen LogP contribution < -0.4 is 10.6 Å². The summed E-state index contributed by atoms with van der Waals surface area (Å²) in [5, 5.41) is 15.5. The van der Waals surface area contributed by atoms with Crippen LogP contribution in [0.1, 0.15) is 68.0 Å². The van der Waals surface area contributed by atoms with Gasteiger partial charge in [-0.15, -0.1) is 0 Å². The molecule has 3 amide bonds. The summed E-state index contributed by atoms with van der Waals surface area (Å²) in [5.41, 5.74) is 3.67. The molecule has 224 valence electrons. The van der Waals surface area contributed by atoms with E-state index in [9.17, 15) is 19.5 Å². The van der Waals surface area contributed by atoms with Crippen LogP contribution in [-0.2, 0) is 27.3 Å². The SMILES string of the molecule is CCCN(C(=O)C(Cc1ccc(O)cc1)NC(=O)OC(C)(C)C)C(C(=O)NCc1ccccc1)c1ccc(C)c(C)c1.